The Balaban J connectivity index is 1.47. The predicted molar refractivity (Wildman–Crippen MR) is 73.0 cm³/mol. The van der Waals surface area contributed by atoms with Crippen molar-refractivity contribution in [3.8, 4) is 0 Å². The van der Waals surface area contributed by atoms with Crippen LogP contribution in [0.25, 0.3) is 0 Å². The van der Waals surface area contributed by atoms with Crippen molar-refractivity contribution in [3.05, 3.63) is 24.2 Å². The molecule has 1 saturated heterocycles. The lowest BCUT2D eigenvalue weighted by atomic mass is 10.0. The molecule has 1 saturated carbocycles. The van der Waals surface area contributed by atoms with Crippen LogP contribution in [0.2, 0.25) is 0 Å². The molecule has 5 heteroatoms. The number of piperidine rings is 1. The fourth-order valence-electron chi connectivity index (χ4n) is 2.78. The van der Waals surface area contributed by atoms with Crippen LogP contribution in [0.5, 0.6) is 0 Å². The van der Waals surface area contributed by atoms with Crippen molar-refractivity contribution in [1.82, 2.24) is 10.2 Å². The topological polar surface area (TPSA) is 62.6 Å². The minimum atomic E-state index is -0.0596. The number of likely N-dealkylation sites (tertiary alicyclic amines) is 1. The quantitative estimate of drug-likeness (QED) is 0.913. The maximum atomic E-state index is 12.1. The van der Waals surface area contributed by atoms with E-state index in [0.717, 1.165) is 19.3 Å². The Hall–Kier alpha value is -1.78. The molecule has 0 aromatic carbocycles. The number of carbonyl (C=O) groups excluding carboxylic acids is 2. The van der Waals surface area contributed by atoms with Gasteiger partial charge in [-0.25, -0.2) is 0 Å². The maximum absolute atomic E-state index is 12.1. The molecule has 2 aliphatic rings. The van der Waals surface area contributed by atoms with Gasteiger partial charge in [0.15, 0.2) is 5.76 Å². The molecule has 2 amide bonds. The number of hydrogen-bond donors (Lipinski definition) is 1. The number of carbonyl (C=O) groups is 2. The van der Waals surface area contributed by atoms with Gasteiger partial charge in [-0.15, -0.1) is 0 Å². The molecule has 2 heterocycles. The molecular weight excluding hydrogens is 256 g/mol. The van der Waals surface area contributed by atoms with E-state index in [4.69, 9.17) is 4.42 Å². The largest absolute Gasteiger partial charge is 0.459 e. The molecule has 3 rings (SSSR count). The number of nitrogens with zero attached hydrogens (tertiary/aromatic N) is 1. The van der Waals surface area contributed by atoms with E-state index < -0.39 is 0 Å². The number of amides is 2. The Bertz CT molecular complexity index is 489. The monoisotopic (exact) mass is 276 g/mol. The van der Waals surface area contributed by atoms with Crippen LogP contribution in [0.1, 0.15) is 36.7 Å². The summed E-state index contributed by atoms with van der Waals surface area (Å²) in [6.45, 7) is 3.45. The van der Waals surface area contributed by atoms with Crippen molar-refractivity contribution in [2.24, 2.45) is 11.8 Å². The van der Waals surface area contributed by atoms with Gasteiger partial charge in [-0.3, -0.25) is 9.59 Å². The average Bonchev–Trinajstić information content (AvgIpc) is 2.97. The highest BCUT2D eigenvalue weighted by Crippen LogP contribution is 2.37. The summed E-state index contributed by atoms with van der Waals surface area (Å²) in [5.74, 6) is 1.27. The standard InChI is InChI=1S/C15H20N2O3/c1-10-9-12(10)14(18)16-11-4-6-17(7-5-11)15(19)13-3-2-8-20-13/h2-3,8,10-12H,4-7,9H2,1H3,(H,16,18). The number of nitrogens with one attached hydrogen (secondary N) is 1. The van der Waals surface area contributed by atoms with Crippen LogP contribution in [-0.4, -0.2) is 35.8 Å². The summed E-state index contributed by atoms with van der Waals surface area (Å²) in [7, 11) is 0. The second kappa shape index (κ2) is 5.31. The molecule has 1 N–H and O–H groups in total. The zero-order valence-electron chi connectivity index (χ0n) is 11.7. The van der Waals surface area contributed by atoms with E-state index in [1.807, 2.05) is 0 Å². The lowest BCUT2D eigenvalue weighted by Gasteiger charge is -2.32. The minimum Gasteiger partial charge on any atom is -0.459 e. The zero-order valence-corrected chi connectivity index (χ0v) is 11.7. The van der Waals surface area contributed by atoms with Crippen LogP contribution in [-0.2, 0) is 4.79 Å². The van der Waals surface area contributed by atoms with Gasteiger partial charge in [0.05, 0.1) is 6.26 Å². The molecule has 2 atom stereocenters. The Morgan fingerprint density at radius 2 is 2.05 bits per heavy atom. The van der Waals surface area contributed by atoms with Crippen LogP contribution in [0.15, 0.2) is 22.8 Å². The molecule has 2 fully saturated rings. The van der Waals surface area contributed by atoms with E-state index in [1.54, 1.807) is 17.0 Å². The van der Waals surface area contributed by atoms with Crippen LogP contribution in [0, 0.1) is 11.8 Å². The highest BCUT2D eigenvalue weighted by atomic mass is 16.3. The van der Waals surface area contributed by atoms with Crippen molar-refractivity contribution in [2.45, 2.75) is 32.2 Å². The van der Waals surface area contributed by atoms with Gasteiger partial charge in [-0.05, 0) is 37.3 Å². The molecule has 108 valence electrons. The van der Waals surface area contributed by atoms with Crippen molar-refractivity contribution >= 4 is 11.8 Å². The second-order valence-electron chi connectivity index (χ2n) is 5.87. The summed E-state index contributed by atoms with van der Waals surface area (Å²) >= 11 is 0. The van der Waals surface area contributed by atoms with Crippen molar-refractivity contribution in [3.63, 3.8) is 0 Å². The van der Waals surface area contributed by atoms with Gasteiger partial charge < -0.3 is 14.6 Å². The van der Waals surface area contributed by atoms with E-state index in [1.165, 1.54) is 6.26 Å². The molecule has 1 aliphatic carbocycles. The summed E-state index contributed by atoms with van der Waals surface area (Å²) in [4.78, 5) is 25.8. The van der Waals surface area contributed by atoms with Crippen LogP contribution < -0.4 is 5.32 Å². The van der Waals surface area contributed by atoms with E-state index in [0.29, 0.717) is 24.8 Å². The van der Waals surface area contributed by atoms with Gasteiger partial charge in [-0.2, -0.15) is 0 Å². The van der Waals surface area contributed by atoms with E-state index in [2.05, 4.69) is 12.2 Å². The first-order valence-corrected chi connectivity index (χ1v) is 7.28. The second-order valence-corrected chi connectivity index (χ2v) is 5.87. The smallest absolute Gasteiger partial charge is 0.289 e. The van der Waals surface area contributed by atoms with Crippen molar-refractivity contribution in [2.75, 3.05) is 13.1 Å². The summed E-state index contributed by atoms with van der Waals surface area (Å²) in [5, 5.41) is 3.11. The number of rotatable bonds is 3. The zero-order chi connectivity index (χ0) is 14.1. The van der Waals surface area contributed by atoms with Gasteiger partial charge in [0.1, 0.15) is 0 Å². The highest BCUT2D eigenvalue weighted by molar-refractivity contribution is 5.91. The molecule has 2 unspecified atom stereocenters. The van der Waals surface area contributed by atoms with Gasteiger partial charge in [0.25, 0.3) is 5.91 Å². The molecule has 0 bridgehead atoms. The molecule has 0 spiro atoms. The molecule has 5 nitrogen and oxygen atoms in total. The maximum Gasteiger partial charge on any atom is 0.289 e. The number of hydrogen-bond acceptors (Lipinski definition) is 3. The van der Waals surface area contributed by atoms with Crippen LogP contribution >= 0.6 is 0 Å². The summed E-state index contributed by atoms with van der Waals surface area (Å²) in [5.41, 5.74) is 0. The molecule has 1 aliphatic heterocycles. The van der Waals surface area contributed by atoms with Crippen molar-refractivity contribution in [1.29, 1.82) is 0 Å². The van der Waals surface area contributed by atoms with Gasteiger partial charge in [-0.1, -0.05) is 6.92 Å². The normalized spacial score (nSPS) is 26.4. The van der Waals surface area contributed by atoms with Crippen LogP contribution in [0.3, 0.4) is 0 Å². The Morgan fingerprint density at radius 1 is 1.35 bits per heavy atom. The minimum absolute atomic E-state index is 0.0596. The van der Waals surface area contributed by atoms with Crippen LogP contribution in [0.4, 0.5) is 0 Å². The number of furan rings is 1. The fraction of sp³-hybridized carbons (Fsp3) is 0.600. The molecule has 0 radical (unpaired) electrons. The van der Waals surface area contributed by atoms with E-state index in [9.17, 15) is 9.59 Å². The van der Waals surface area contributed by atoms with Crippen molar-refractivity contribution < 1.29 is 14.0 Å². The molecule has 20 heavy (non-hydrogen) atoms. The molecular formula is C15H20N2O3. The third kappa shape index (κ3) is 2.71. The fourth-order valence-corrected chi connectivity index (χ4v) is 2.78. The third-order valence-corrected chi connectivity index (χ3v) is 4.31. The predicted octanol–water partition coefficient (Wildman–Crippen LogP) is 1.66. The third-order valence-electron chi connectivity index (χ3n) is 4.31. The lowest BCUT2D eigenvalue weighted by molar-refractivity contribution is -0.123. The Morgan fingerprint density at radius 3 is 2.60 bits per heavy atom. The lowest BCUT2D eigenvalue weighted by Crippen LogP contribution is -2.47. The molecule has 1 aromatic rings. The summed E-state index contributed by atoms with van der Waals surface area (Å²) in [6, 6.07) is 3.61. The highest BCUT2D eigenvalue weighted by Gasteiger charge is 2.40. The van der Waals surface area contributed by atoms with Gasteiger partial charge in [0.2, 0.25) is 5.91 Å². The van der Waals surface area contributed by atoms with Gasteiger partial charge >= 0.3 is 0 Å². The van der Waals surface area contributed by atoms with E-state index in [-0.39, 0.29) is 23.8 Å². The summed E-state index contributed by atoms with van der Waals surface area (Å²) < 4.78 is 5.13. The van der Waals surface area contributed by atoms with Gasteiger partial charge in [0, 0.05) is 25.0 Å². The molecule has 1 aromatic heterocycles. The van der Waals surface area contributed by atoms with E-state index >= 15 is 0 Å². The first-order valence-electron chi connectivity index (χ1n) is 7.28. The first-order chi connectivity index (χ1) is 9.65. The Labute approximate surface area is 118 Å². The first kappa shape index (κ1) is 13.2. The average molecular weight is 276 g/mol. The SMILES string of the molecule is CC1CC1C(=O)NC1CCN(C(=O)c2ccco2)CC1. The Kier molecular flexibility index (Phi) is 3.51. The summed E-state index contributed by atoms with van der Waals surface area (Å²) in [6.07, 6.45) is 4.16.